The lowest BCUT2D eigenvalue weighted by Crippen LogP contribution is -2.17. The smallest absolute Gasteiger partial charge is 0.343 e. The van der Waals surface area contributed by atoms with Crippen molar-refractivity contribution in [2.45, 2.75) is 13.8 Å². The van der Waals surface area contributed by atoms with Crippen LogP contribution in [0.15, 0.2) is 42.5 Å². The maximum Gasteiger partial charge on any atom is 0.343 e. The summed E-state index contributed by atoms with van der Waals surface area (Å²) in [4.78, 5) is 23.6. The normalized spacial score (nSPS) is 10.4. The average Bonchev–Trinajstić information content (AvgIpc) is 2.46. The van der Waals surface area contributed by atoms with Crippen molar-refractivity contribution in [2.24, 2.45) is 5.92 Å². The number of rotatable bonds is 4. The Labute approximate surface area is 138 Å². The average molecular weight is 334 g/mol. The van der Waals surface area contributed by atoms with E-state index in [2.05, 4.69) is 5.32 Å². The van der Waals surface area contributed by atoms with E-state index in [-0.39, 0.29) is 28.3 Å². The number of nitrogens with one attached hydrogen (secondary N) is 1. The SMILES string of the molecule is CC(C)C(=O)Nc1ccc(C(=O)Oc2cc(O)cc(Cl)c2)cc1. The van der Waals surface area contributed by atoms with Gasteiger partial charge in [-0.05, 0) is 36.4 Å². The summed E-state index contributed by atoms with van der Waals surface area (Å²) in [5, 5.41) is 12.4. The fourth-order valence-electron chi connectivity index (χ4n) is 1.75. The molecule has 2 rings (SSSR count). The summed E-state index contributed by atoms with van der Waals surface area (Å²) in [6.45, 7) is 3.59. The maximum absolute atomic E-state index is 12.0. The molecule has 0 spiro atoms. The number of aromatic hydroxyl groups is 1. The van der Waals surface area contributed by atoms with E-state index in [4.69, 9.17) is 16.3 Å². The van der Waals surface area contributed by atoms with Crippen LogP contribution in [0.25, 0.3) is 0 Å². The first-order chi connectivity index (χ1) is 10.8. The number of halogens is 1. The summed E-state index contributed by atoms with van der Waals surface area (Å²) in [5.74, 6) is -0.762. The summed E-state index contributed by atoms with van der Waals surface area (Å²) < 4.78 is 5.15. The lowest BCUT2D eigenvalue weighted by Gasteiger charge is -2.09. The first kappa shape index (κ1) is 16.8. The molecular formula is C17H16ClNO4. The molecule has 0 heterocycles. The summed E-state index contributed by atoms with van der Waals surface area (Å²) in [7, 11) is 0. The van der Waals surface area contributed by atoms with Crippen molar-refractivity contribution in [1.29, 1.82) is 0 Å². The van der Waals surface area contributed by atoms with Crippen molar-refractivity contribution in [2.75, 3.05) is 5.32 Å². The van der Waals surface area contributed by atoms with Gasteiger partial charge in [-0.1, -0.05) is 25.4 Å². The quantitative estimate of drug-likeness (QED) is 0.658. The number of benzene rings is 2. The Hall–Kier alpha value is -2.53. The van der Waals surface area contributed by atoms with E-state index in [9.17, 15) is 14.7 Å². The predicted octanol–water partition coefficient (Wildman–Crippen LogP) is 3.86. The number of phenolic OH excluding ortho intramolecular Hbond substituents is 1. The number of carbonyl (C=O) groups excluding carboxylic acids is 2. The number of amides is 1. The number of ether oxygens (including phenoxy) is 1. The predicted molar refractivity (Wildman–Crippen MR) is 88.0 cm³/mol. The highest BCUT2D eigenvalue weighted by atomic mass is 35.5. The van der Waals surface area contributed by atoms with Crippen molar-refractivity contribution in [3.8, 4) is 11.5 Å². The Balaban J connectivity index is 2.06. The van der Waals surface area contributed by atoms with E-state index in [1.54, 1.807) is 38.1 Å². The molecule has 0 atom stereocenters. The van der Waals surface area contributed by atoms with Crippen LogP contribution in [0.4, 0.5) is 5.69 Å². The molecule has 1 amide bonds. The van der Waals surface area contributed by atoms with Gasteiger partial charge in [0.05, 0.1) is 5.56 Å². The van der Waals surface area contributed by atoms with Crippen molar-refractivity contribution in [1.82, 2.24) is 0 Å². The lowest BCUT2D eigenvalue weighted by atomic mass is 10.1. The zero-order valence-electron chi connectivity index (χ0n) is 12.7. The zero-order chi connectivity index (χ0) is 17.0. The van der Waals surface area contributed by atoms with Crippen LogP contribution in [0.5, 0.6) is 11.5 Å². The Morgan fingerprint density at radius 1 is 1.13 bits per heavy atom. The lowest BCUT2D eigenvalue weighted by molar-refractivity contribution is -0.118. The number of anilines is 1. The first-order valence-corrected chi connectivity index (χ1v) is 7.35. The van der Waals surface area contributed by atoms with Crippen LogP contribution in [-0.4, -0.2) is 17.0 Å². The van der Waals surface area contributed by atoms with E-state index in [1.807, 2.05) is 0 Å². The van der Waals surface area contributed by atoms with Gasteiger partial charge in [0.15, 0.2) is 0 Å². The Morgan fingerprint density at radius 2 is 1.78 bits per heavy atom. The molecule has 23 heavy (non-hydrogen) atoms. The van der Waals surface area contributed by atoms with Gasteiger partial charge in [0.25, 0.3) is 0 Å². The molecule has 0 aliphatic rings. The minimum atomic E-state index is -0.589. The van der Waals surface area contributed by atoms with Crippen LogP contribution in [-0.2, 0) is 4.79 Å². The third kappa shape index (κ3) is 4.72. The second-order valence-corrected chi connectivity index (χ2v) is 5.69. The molecule has 0 saturated heterocycles. The van der Waals surface area contributed by atoms with E-state index in [0.717, 1.165) is 0 Å². The molecule has 0 aromatic heterocycles. The second kappa shape index (κ2) is 7.15. The molecule has 2 aromatic rings. The summed E-state index contributed by atoms with van der Waals surface area (Å²) in [6.07, 6.45) is 0. The standard InChI is InChI=1S/C17H16ClNO4/c1-10(2)16(21)19-13-5-3-11(4-6-13)17(22)23-15-8-12(18)7-14(20)9-15/h3-10,20H,1-2H3,(H,19,21). The van der Waals surface area contributed by atoms with Crippen LogP contribution in [0.3, 0.4) is 0 Å². The van der Waals surface area contributed by atoms with Gasteiger partial charge in [0.1, 0.15) is 11.5 Å². The maximum atomic E-state index is 12.0. The highest BCUT2D eigenvalue weighted by Gasteiger charge is 2.11. The van der Waals surface area contributed by atoms with Gasteiger partial charge >= 0.3 is 5.97 Å². The van der Waals surface area contributed by atoms with E-state index >= 15 is 0 Å². The third-order valence-electron chi connectivity index (χ3n) is 2.98. The summed E-state index contributed by atoms with van der Waals surface area (Å²) in [5.41, 5.74) is 0.910. The molecule has 0 aliphatic carbocycles. The van der Waals surface area contributed by atoms with Crippen LogP contribution in [0, 0.1) is 5.92 Å². The monoisotopic (exact) mass is 333 g/mol. The van der Waals surface area contributed by atoms with Crippen LogP contribution >= 0.6 is 11.6 Å². The van der Waals surface area contributed by atoms with Gasteiger partial charge in [0.2, 0.25) is 5.91 Å². The number of esters is 1. The highest BCUT2D eigenvalue weighted by Crippen LogP contribution is 2.25. The minimum absolute atomic E-state index is 0.0907. The van der Waals surface area contributed by atoms with Crippen molar-refractivity contribution in [3.63, 3.8) is 0 Å². The number of hydrogen-bond acceptors (Lipinski definition) is 4. The molecule has 0 saturated carbocycles. The van der Waals surface area contributed by atoms with Crippen LogP contribution < -0.4 is 10.1 Å². The topological polar surface area (TPSA) is 75.6 Å². The van der Waals surface area contributed by atoms with Crippen LogP contribution in [0.2, 0.25) is 5.02 Å². The molecule has 0 radical (unpaired) electrons. The molecule has 0 fully saturated rings. The van der Waals surface area contributed by atoms with Gasteiger partial charge in [0, 0.05) is 22.7 Å². The zero-order valence-corrected chi connectivity index (χ0v) is 13.4. The molecule has 6 heteroatoms. The molecule has 2 aromatic carbocycles. The molecule has 0 aliphatic heterocycles. The molecule has 0 bridgehead atoms. The molecule has 120 valence electrons. The fraction of sp³-hybridized carbons (Fsp3) is 0.176. The second-order valence-electron chi connectivity index (χ2n) is 5.26. The number of hydrogen-bond donors (Lipinski definition) is 2. The Kier molecular flexibility index (Phi) is 5.24. The molecule has 5 nitrogen and oxygen atoms in total. The van der Waals surface area contributed by atoms with Gasteiger partial charge in [-0.2, -0.15) is 0 Å². The molecular weight excluding hydrogens is 318 g/mol. The fourth-order valence-corrected chi connectivity index (χ4v) is 1.97. The highest BCUT2D eigenvalue weighted by molar-refractivity contribution is 6.30. The van der Waals surface area contributed by atoms with Gasteiger partial charge < -0.3 is 15.2 Å². The largest absolute Gasteiger partial charge is 0.508 e. The van der Waals surface area contributed by atoms with Gasteiger partial charge in [-0.25, -0.2) is 4.79 Å². The van der Waals surface area contributed by atoms with E-state index in [1.165, 1.54) is 18.2 Å². The number of carbonyl (C=O) groups is 2. The third-order valence-corrected chi connectivity index (χ3v) is 3.20. The molecule has 0 unspecified atom stereocenters. The van der Waals surface area contributed by atoms with Gasteiger partial charge in [-0.3, -0.25) is 4.79 Å². The Morgan fingerprint density at radius 3 is 2.35 bits per heavy atom. The summed E-state index contributed by atoms with van der Waals surface area (Å²) >= 11 is 5.78. The van der Waals surface area contributed by atoms with Crippen molar-refractivity contribution < 1.29 is 19.4 Å². The Bertz CT molecular complexity index is 706. The number of phenols is 1. The molecule has 2 N–H and O–H groups in total. The van der Waals surface area contributed by atoms with Crippen molar-refractivity contribution in [3.05, 3.63) is 53.1 Å². The minimum Gasteiger partial charge on any atom is -0.508 e. The van der Waals surface area contributed by atoms with E-state index < -0.39 is 5.97 Å². The van der Waals surface area contributed by atoms with E-state index in [0.29, 0.717) is 11.3 Å². The first-order valence-electron chi connectivity index (χ1n) is 6.98. The van der Waals surface area contributed by atoms with Crippen LogP contribution in [0.1, 0.15) is 24.2 Å². The van der Waals surface area contributed by atoms with Gasteiger partial charge in [-0.15, -0.1) is 0 Å². The summed E-state index contributed by atoms with van der Waals surface area (Å²) in [6, 6.07) is 10.4. The van der Waals surface area contributed by atoms with Crippen molar-refractivity contribution >= 4 is 29.2 Å².